The molecule has 1 saturated carbocycles. The molecule has 188 valence electrons. The van der Waals surface area contributed by atoms with Crippen LogP contribution in [0.3, 0.4) is 0 Å². The normalized spacial score (nSPS) is 22.3. The molecule has 4 N–H and O–H groups in total. The molecule has 4 aromatic rings. The summed E-state index contributed by atoms with van der Waals surface area (Å²) < 4.78 is 31.2. The first-order valence-corrected chi connectivity index (χ1v) is 12.1. The molecule has 0 unspecified atom stereocenters. The monoisotopic (exact) mass is 493 g/mol. The number of hydrogen-bond acceptors (Lipinski definition) is 6. The summed E-state index contributed by atoms with van der Waals surface area (Å²) in [4.78, 5) is 8.84. The summed E-state index contributed by atoms with van der Waals surface area (Å²) in [5.41, 5.74) is 9.32. The molecule has 7 nitrogen and oxygen atoms in total. The van der Waals surface area contributed by atoms with Crippen LogP contribution in [-0.4, -0.2) is 48.5 Å². The summed E-state index contributed by atoms with van der Waals surface area (Å²) in [6.45, 7) is 1.82. The number of imidazole rings is 1. The van der Waals surface area contributed by atoms with E-state index in [9.17, 15) is 13.9 Å². The number of aliphatic hydroxyl groups excluding tert-OH is 2. The average molecular weight is 494 g/mol. The van der Waals surface area contributed by atoms with Crippen LogP contribution in [-0.2, 0) is 12.8 Å². The van der Waals surface area contributed by atoms with Crippen molar-refractivity contribution in [1.29, 1.82) is 0 Å². The van der Waals surface area contributed by atoms with Crippen LogP contribution in [0.5, 0.6) is 0 Å². The van der Waals surface area contributed by atoms with E-state index in [-0.39, 0.29) is 42.2 Å². The van der Waals surface area contributed by atoms with Crippen LogP contribution in [0.25, 0.3) is 16.8 Å². The molecule has 9 heteroatoms. The maximum absolute atomic E-state index is 14.8. The zero-order valence-electron chi connectivity index (χ0n) is 20.0. The van der Waals surface area contributed by atoms with Crippen molar-refractivity contribution >= 4 is 5.52 Å². The minimum Gasteiger partial charge on any atom is -0.396 e. The molecule has 0 saturated heterocycles. The van der Waals surface area contributed by atoms with E-state index in [0.717, 1.165) is 17.5 Å². The van der Waals surface area contributed by atoms with Gasteiger partial charge in [0.2, 0.25) is 0 Å². The van der Waals surface area contributed by atoms with E-state index < -0.39 is 17.7 Å². The molecular formula is C27H29F2N5O2. The Balaban J connectivity index is 1.49. The van der Waals surface area contributed by atoms with E-state index in [2.05, 4.69) is 15.1 Å². The van der Waals surface area contributed by atoms with Gasteiger partial charge in [-0.1, -0.05) is 6.92 Å². The first kappa shape index (κ1) is 24.4. The maximum Gasteiger partial charge on any atom is 0.135 e. The van der Waals surface area contributed by atoms with Gasteiger partial charge in [0.15, 0.2) is 0 Å². The molecule has 0 spiro atoms. The van der Waals surface area contributed by atoms with Gasteiger partial charge in [-0.05, 0) is 78.1 Å². The molecule has 0 bridgehead atoms. The summed E-state index contributed by atoms with van der Waals surface area (Å²) >= 11 is 0. The van der Waals surface area contributed by atoms with Crippen molar-refractivity contribution < 1.29 is 19.0 Å². The van der Waals surface area contributed by atoms with Gasteiger partial charge < -0.3 is 15.9 Å². The molecule has 1 aliphatic carbocycles. The van der Waals surface area contributed by atoms with Gasteiger partial charge in [0.25, 0.3) is 0 Å². The summed E-state index contributed by atoms with van der Waals surface area (Å²) in [7, 11) is 0. The highest BCUT2D eigenvalue weighted by Gasteiger charge is 2.33. The average Bonchev–Trinajstić information content (AvgIpc) is 3.24. The molecule has 0 radical (unpaired) electrons. The van der Waals surface area contributed by atoms with Crippen LogP contribution in [0.4, 0.5) is 8.78 Å². The number of rotatable bonds is 6. The van der Waals surface area contributed by atoms with E-state index in [0.29, 0.717) is 29.7 Å². The number of halogens is 2. The van der Waals surface area contributed by atoms with E-state index in [4.69, 9.17) is 10.8 Å². The van der Waals surface area contributed by atoms with Crippen molar-refractivity contribution in [3.05, 3.63) is 83.1 Å². The minimum absolute atomic E-state index is 0.0878. The number of hydrogen-bond donors (Lipinski definition) is 3. The Hall–Kier alpha value is -3.27. The molecule has 3 heterocycles. The third-order valence-corrected chi connectivity index (χ3v) is 7.18. The SMILES string of the molecule is C[C@H]1C[C@@H](c2ccncc2Cc2ncc3ccc(-c4c(F)cc(CCO)cc4F)nn23)C[C@@H](N)[C@@H]1O. The smallest absolute Gasteiger partial charge is 0.135 e. The van der Waals surface area contributed by atoms with Crippen LogP contribution in [0.15, 0.2) is 48.9 Å². The summed E-state index contributed by atoms with van der Waals surface area (Å²) in [6, 6.07) is 7.45. The predicted octanol–water partition coefficient (Wildman–Crippen LogP) is 3.40. The number of nitrogens with zero attached hydrogens (tertiary/aromatic N) is 4. The van der Waals surface area contributed by atoms with Crippen molar-refractivity contribution in [2.75, 3.05) is 6.61 Å². The molecule has 1 aliphatic rings. The molecule has 0 amide bonds. The lowest BCUT2D eigenvalue weighted by Crippen LogP contribution is -2.44. The fraction of sp³-hybridized carbons (Fsp3) is 0.370. The Labute approximate surface area is 207 Å². The van der Waals surface area contributed by atoms with Crippen molar-refractivity contribution in [2.45, 2.75) is 50.7 Å². The number of benzene rings is 1. The molecule has 4 atom stereocenters. The first-order chi connectivity index (χ1) is 17.4. The van der Waals surface area contributed by atoms with E-state index in [1.807, 2.05) is 13.0 Å². The highest BCUT2D eigenvalue weighted by atomic mass is 19.1. The lowest BCUT2D eigenvalue weighted by Gasteiger charge is -2.36. The van der Waals surface area contributed by atoms with Gasteiger partial charge in [-0.3, -0.25) is 4.98 Å². The second-order valence-corrected chi connectivity index (χ2v) is 9.69. The number of aliphatic hydroxyl groups is 2. The fourth-order valence-electron chi connectivity index (χ4n) is 5.31. The topological polar surface area (TPSA) is 110 Å². The second-order valence-electron chi connectivity index (χ2n) is 9.69. The Morgan fingerprint density at radius 3 is 2.61 bits per heavy atom. The third kappa shape index (κ3) is 4.61. The van der Waals surface area contributed by atoms with E-state index in [1.54, 1.807) is 35.2 Å². The molecule has 1 fully saturated rings. The molecular weight excluding hydrogens is 464 g/mol. The number of pyridine rings is 1. The highest BCUT2D eigenvalue weighted by molar-refractivity contribution is 5.63. The molecule has 3 aromatic heterocycles. The molecule has 5 rings (SSSR count). The van der Waals surface area contributed by atoms with Crippen molar-refractivity contribution in [3.63, 3.8) is 0 Å². The van der Waals surface area contributed by atoms with Gasteiger partial charge >= 0.3 is 0 Å². The minimum atomic E-state index is -0.730. The van der Waals surface area contributed by atoms with Crippen molar-refractivity contribution in [1.82, 2.24) is 19.6 Å². The van der Waals surface area contributed by atoms with Gasteiger partial charge in [-0.15, -0.1) is 0 Å². The molecule has 0 aliphatic heterocycles. The van der Waals surface area contributed by atoms with Crippen molar-refractivity contribution in [3.8, 4) is 11.3 Å². The second kappa shape index (κ2) is 10.0. The summed E-state index contributed by atoms with van der Waals surface area (Å²) in [6.07, 6.45) is 6.82. The third-order valence-electron chi connectivity index (χ3n) is 7.18. The summed E-state index contributed by atoms with van der Waals surface area (Å²) in [5, 5.41) is 23.9. The summed E-state index contributed by atoms with van der Waals surface area (Å²) in [5.74, 6) is -0.568. The van der Waals surface area contributed by atoms with Gasteiger partial charge in [0.1, 0.15) is 17.5 Å². The standard InChI is InChI=1S/C27H29F2N5O2/c1-15-8-17(11-23(30)27(15)36)20-4-6-31-13-18(20)12-25-32-14-19-2-3-24(33-34(19)25)26-21(28)9-16(5-7-35)10-22(26)29/h2-4,6,9-10,13-15,17,23,27,35-36H,5,7-8,11-12,30H2,1H3/t15-,17+,23+,27+/m0/s1. The Morgan fingerprint density at radius 1 is 1.11 bits per heavy atom. The fourth-order valence-corrected chi connectivity index (χ4v) is 5.31. The Kier molecular flexibility index (Phi) is 6.79. The number of aromatic nitrogens is 4. The van der Waals surface area contributed by atoms with Gasteiger partial charge in [0, 0.05) is 31.5 Å². The predicted molar refractivity (Wildman–Crippen MR) is 131 cm³/mol. The first-order valence-electron chi connectivity index (χ1n) is 12.1. The maximum atomic E-state index is 14.8. The van der Waals surface area contributed by atoms with Gasteiger partial charge in [-0.2, -0.15) is 5.10 Å². The van der Waals surface area contributed by atoms with Crippen LogP contribution >= 0.6 is 0 Å². The van der Waals surface area contributed by atoms with Crippen LogP contribution in [0, 0.1) is 17.6 Å². The Bertz CT molecular complexity index is 1360. The zero-order chi connectivity index (χ0) is 25.4. The van der Waals surface area contributed by atoms with Crippen LogP contribution in [0.2, 0.25) is 0 Å². The highest BCUT2D eigenvalue weighted by Crippen LogP contribution is 2.37. The van der Waals surface area contributed by atoms with E-state index in [1.165, 1.54) is 12.1 Å². The Morgan fingerprint density at radius 2 is 1.89 bits per heavy atom. The molecule has 36 heavy (non-hydrogen) atoms. The molecule has 1 aromatic carbocycles. The lowest BCUT2D eigenvalue weighted by molar-refractivity contribution is 0.0519. The van der Waals surface area contributed by atoms with Crippen molar-refractivity contribution in [2.24, 2.45) is 11.7 Å². The van der Waals surface area contributed by atoms with Crippen LogP contribution < -0.4 is 5.73 Å². The number of fused-ring (bicyclic) bond motifs is 1. The zero-order valence-corrected chi connectivity index (χ0v) is 20.0. The van der Waals surface area contributed by atoms with E-state index >= 15 is 0 Å². The lowest BCUT2D eigenvalue weighted by atomic mass is 9.74. The van der Waals surface area contributed by atoms with Crippen LogP contribution in [0.1, 0.15) is 48.2 Å². The quantitative estimate of drug-likeness (QED) is 0.380. The van der Waals surface area contributed by atoms with Gasteiger partial charge in [0.05, 0.1) is 29.1 Å². The largest absolute Gasteiger partial charge is 0.396 e. The number of nitrogens with two attached hydrogens (primary N) is 1. The van der Waals surface area contributed by atoms with Gasteiger partial charge in [-0.25, -0.2) is 18.3 Å².